The number of sulfone groups is 1. The number of ether oxygens (including phenoxy) is 1. The van der Waals surface area contributed by atoms with Crippen LogP contribution in [0.4, 0.5) is 5.69 Å². The molecule has 3 rings (SSSR count). The standard InChI is InChI=1S/C19H15NO5S/c1-14-2-10-18(11-3-14)26(23,24)19-12-8-17(9-13-19)25-16-6-4-15(5-7-16)20(21)22/h2-13H,1H3. The van der Waals surface area contributed by atoms with Gasteiger partial charge in [-0.2, -0.15) is 0 Å². The summed E-state index contributed by atoms with van der Waals surface area (Å²) in [5.74, 6) is 0.853. The van der Waals surface area contributed by atoms with Crippen LogP contribution in [0.3, 0.4) is 0 Å². The molecule has 0 amide bonds. The fourth-order valence-electron chi connectivity index (χ4n) is 2.31. The molecule has 26 heavy (non-hydrogen) atoms. The van der Waals surface area contributed by atoms with Gasteiger partial charge in [-0.3, -0.25) is 10.1 Å². The predicted octanol–water partition coefficient (Wildman–Crippen LogP) is 4.53. The SMILES string of the molecule is Cc1ccc(S(=O)(=O)c2ccc(Oc3ccc([N+](=O)[O-])cc3)cc2)cc1. The molecular weight excluding hydrogens is 354 g/mol. The number of nitrogens with zero attached hydrogens (tertiary/aromatic N) is 1. The number of benzene rings is 3. The number of non-ortho nitro benzene ring substituents is 1. The highest BCUT2D eigenvalue weighted by Gasteiger charge is 2.17. The van der Waals surface area contributed by atoms with Gasteiger partial charge in [0.2, 0.25) is 9.84 Å². The van der Waals surface area contributed by atoms with E-state index < -0.39 is 14.8 Å². The Bertz CT molecular complexity index is 1020. The van der Waals surface area contributed by atoms with Gasteiger partial charge in [0.15, 0.2) is 0 Å². The number of nitro benzene ring substituents is 1. The lowest BCUT2D eigenvalue weighted by Crippen LogP contribution is -2.01. The van der Waals surface area contributed by atoms with Crippen molar-refractivity contribution in [3.8, 4) is 11.5 Å². The molecule has 0 atom stereocenters. The second-order valence-corrected chi connectivity index (χ2v) is 7.59. The zero-order valence-corrected chi connectivity index (χ0v) is 14.6. The van der Waals surface area contributed by atoms with Crippen LogP contribution in [-0.4, -0.2) is 13.3 Å². The van der Waals surface area contributed by atoms with Crippen molar-refractivity contribution in [3.63, 3.8) is 0 Å². The van der Waals surface area contributed by atoms with Gasteiger partial charge in [-0.25, -0.2) is 8.42 Å². The Morgan fingerprint density at radius 3 is 1.65 bits per heavy atom. The molecule has 0 aliphatic heterocycles. The lowest BCUT2D eigenvalue weighted by atomic mass is 10.2. The van der Waals surface area contributed by atoms with E-state index in [9.17, 15) is 18.5 Å². The van der Waals surface area contributed by atoms with Crippen LogP contribution in [0, 0.1) is 17.0 Å². The van der Waals surface area contributed by atoms with E-state index in [0.29, 0.717) is 11.5 Å². The second-order valence-electron chi connectivity index (χ2n) is 5.64. The Balaban J connectivity index is 1.79. The summed E-state index contributed by atoms with van der Waals surface area (Å²) in [4.78, 5) is 10.5. The van der Waals surface area contributed by atoms with Crippen LogP contribution in [-0.2, 0) is 9.84 Å². The van der Waals surface area contributed by atoms with Gasteiger partial charge in [-0.1, -0.05) is 17.7 Å². The molecule has 0 radical (unpaired) electrons. The topological polar surface area (TPSA) is 86.5 Å². The number of hydrogen-bond donors (Lipinski definition) is 0. The molecule has 0 aliphatic rings. The lowest BCUT2D eigenvalue weighted by molar-refractivity contribution is -0.384. The summed E-state index contributed by atoms with van der Waals surface area (Å²) in [5, 5.41) is 10.6. The van der Waals surface area contributed by atoms with E-state index in [1.54, 1.807) is 36.4 Å². The van der Waals surface area contributed by atoms with Crippen molar-refractivity contribution in [1.29, 1.82) is 0 Å². The maximum Gasteiger partial charge on any atom is 0.269 e. The van der Waals surface area contributed by atoms with Gasteiger partial charge in [0, 0.05) is 12.1 Å². The van der Waals surface area contributed by atoms with Gasteiger partial charge in [0.05, 0.1) is 14.7 Å². The Labute approximate surface area is 150 Å². The van der Waals surface area contributed by atoms with Crippen molar-refractivity contribution in [2.45, 2.75) is 16.7 Å². The summed E-state index contributed by atoms with van der Waals surface area (Å²) in [5.41, 5.74) is 0.952. The number of rotatable bonds is 5. The first-order valence-electron chi connectivity index (χ1n) is 7.70. The van der Waals surface area contributed by atoms with Crippen LogP contribution < -0.4 is 4.74 Å². The zero-order valence-electron chi connectivity index (χ0n) is 13.8. The fourth-order valence-corrected chi connectivity index (χ4v) is 3.57. The van der Waals surface area contributed by atoms with Gasteiger partial charge < -0.3 is 4.74 Å². The van der Waals surface area contributed by atoms with Crippen molar-refractivity contribution in [1.82, 2.24) is 0 Å². The number of hydrogen-bond acceptors (Lipinski definition) is 5. The van der Waals surface area contributed by atoms with Gasteiger partial charge in [-0.05, 0) is 55.5 Å². The second kappa shape index (κ2) is 6.97. The summed E-state index contributed by atoms with van der Waals surface area (Å²) in [6, 6.07) is 18.3. The van der Waals surface area contributed by atoms with E-state index in [-0.39, 0.29) is 15.5 Å². The molecule has 0 fully saturated rings. The van der Waals surface area contributed by atoms with Crippen LogP contribution in [0.2, 0.25) is 0 Å². The van der Waals surface area contributed by atoms with Gasteiger partial charge in [0.1, 0.15) is 11.5 Å². The normalized spacial score (nSPS) is 11.1. The van der Waals surface area contributed by atoms with Crippen LogP contribution in [0.15, 0.2) is 82.6 Å². The molecule has 0 spiro atoms. The Kier molecular flexibility index (Phi) is 4.73. The molecule has 0 aromatic heterocycles. The smallest absolute Gasteiger partial charge is 0.269 e. The van der Waals surface area contributed by atoms with Crippen LogP contribution in [0.5, 0.6) is 11.5 Å². The molecule has 0 bridgehead atoms. The van der Waals surface area contributed by atoms with Crippen LogP contribution in [0.25, 0.3) is 0 Å². The van der Waals surface area contributed by atoms with E-state index in [1.807, 2.05) is 6.92 Å². The molecule has 132 valence electrons. The van der Waals surface area contributed by atoms with Gasteiger partial charge in [0.25, 0.3) is 5.69 Å². The molecule has 0 heterocycles. The predicted molar refractivity (Wildman–Crippen MR) is 96.2 cm³/mol. The third-order valence-electron chi connectivity index (χ3n) is 3.75. The average Bonchev–Trinajstić information content (AvgIpc) is 2.63. The molecule has 3 aromatic rings. The molecule has 0 unspecified atom stereocenters. The van der Waals surface area contributed by atoms with E-state index >= 15 is 0 Å². The molecule has 0 N–H and O–H groups in total. The summed E-state index contributed by atoms with van der Waals surface area (Å²) in [6.45, 7) is 1.89. The zero-order chi connectivity index (χ0) is 18.7. The molecule has 0 aliphatic carbocycles. The molecular formula is C19H15NO5S. The molecule has 7 heteroatoms. The van der Waals surface area contributed by atoms with E-state index in [4.69, 9.17) is 4.74 Å². The first-order chi connectivity index (χ1) is 12.4. The van der Waals surface area contributed by atoms with Crippen LogP contribution in [0.1, 0.15) is 5.56 Å². The highest BCUT2D eigenvalue weighted by atomic mass is 32.2. The van der Waals surface area contributed by atoms with Crippen molar-refractivity contribution >= 4 is 15.5 Å². The third-order valence-corrected chi connectivity index (χ3v) is 5.53. The lowest BCUT2D eigenvalue weighted by Gasteiger charge is -2.08. The number of nitro groups is 1. The van der Waals surface area contributed by atoms with Gasteiger partial charge in [-0.15, -0.1) is 0 Å². The monoisotopic (exact) mass is 369 g/mol. The minimum absolute atomic E-state index is 0.0307. The molecule has 3 aromatic carbocycles. The first kappa shape index (κ1) is 17.6. The van der Waals surface area contributed by atoms with Crippen LogP contribution >= 0.6 is 0 Å². The Hall–Kier alpha value is -3.19. The van der Waals surface area contributed by atoms with E-state index in [2.05, 4.69) is 0 Å². The average molecular weight is 369 g/mol. The quantitative estimate of drug-likeness (QED) is 0.487. The van der Waals surface area contributed by atoms with E-state index in [1.165, 1.54) is 36.4 Å². The van der Waals surface area contributed by atoms with Crippen molar-refractivity contribution in [2.24, 2.45) is 0 Å². The van der Waals surface area contributed by atoms with Crippen molar-refractivity contribution in [3.05, 3.63) is 88.5 Å². The minimum atomic E-state index is -3.59. The summed E-state index contributed by atoms with van der Waals surface area (Å²) in [7, 11) is -3.59. The Morgan fingerprint density at radius 2 is 1.19 bits per heavy atom. The largest absolute Gasteiger partial charge is 0.457 e. The highest BCUT2D eigenvalue weighted by Crippen LogP contribution is 2.27. The maximum absolute atomic E-state index is 12.6. The highest BCUT2D eigenvalue weighted by molar-refractivity contribution is 7.91. The summed E-state index contributed by atoms with van der Waals surface area (Å²) < 4.78 is 30.8. The maximum atomic E-state index is 12.6. The minimum Gasteiger partial charge on any atom is -0.457 e. The summed E-state index contributed by atoms with van der Waals surface area (Å²) in [6.07, 6.45) is 0. The first-order valence-corrected chi connectivity index (χ1v) is 9.19. The van der Waals surface area contributed by atoms with Gasteiger partial charge >= 0.3 is 0 Å². The van der Waals surface area contributed by atoms with Crippen molar-refractivity contribution < 1.29 is 18.1 Å². The van der Waals surface area contributed by atoms with E-state index in [0.717, 1.165) is 5.56 Å². The van der Waals surface area contributed by atoms with Crippen molar-refractivity contribution in [2.75, 3.05) is 0 Å². The molecule has 6 nitrogen and oxygen atoms in total. The fraction of sp³-hybridized carbons (Fsp3) is 0.0526. The molecule has 0 saturated carbocycles. The third kappa shape index (κ3) is 3.73. The summed E-state index contributed by atoms with van der Waals surface area (Å²) >= 11 is 0. The molecule has 0 saturated heterocycles. The number of aryl methyl sites for hydroxylation is 1. The Morgan fingerprint density at radius 1 is 0.769 bits per heavy atom.